The zero-order valence-corrected chi connectivity index (χ0v) is 13.0. The summed E-state index contributed by atoms with van der Waals surface area (Å²) in [6.45, 7) is 1.42. The zero-order valence-electron chi connectivity index (χ0n) is 12.2. The van der Waals surface area contributed by atoms with Crippen LogP contribution < -0.4 is 11.3 Å². The molecule has 3 unspecified atom stereocenters. The van der Waals surface area contributed by atoms with Gasteiger partial charge in [-0.3, -0.25) is 15.0 Å². The van der Waals surface area contributed by atoms with Crippen LogP contribution in [-0.2, 0) is 24.2 Å². The Morgan fingerprint density at radius 3 is 2.57 bits per heavy atom. The minimum absolute atomic E-state index is 0.0341. The summed E-state index contributed by atoms with van der Waals surface area (Å²) in [6.07, 6.45) is -0.926. The molecule has 3 atom stereocenters. The van der Waals surface area contributed by atoms with Crippen molar-refractivity contribution in [3.63, 3.8) is 0 Å². The number of carboxylic acids is 1. The van der Waals surface area contributed by atoms with Crippen molar-refractivity contribution in [1.82, 2.24) is 10.3 Å². The summed E-state index contributed by atoms with van der Waals surface area (Å²) >= 11 is 0. The highest BCUT2D eigenvalue weighted by Gasteiger charge is 2.56. The van der Waals surface area contributed by atoms with Crippen molar-refractivity contribution < 1.29 is 33.0 Å². The summed E-state index contributed by atoms with van der Waals surface area (Å²) < 4.78 is 23.9. The lowest BCUT2D eigenvalue weighted by Crippen LogP contribution is -2.61. The van der Waals surface area contributed by atoms with Crippen LogP contribution in [0.3, 0.4) is 0 Å². The standard InChI is InChI=1S/C12H17N3O7S/c1-5(16)9-7-2-6(3-23(21,22)4-8(17)14-13)10(12(19)20)15(7)11(9)18/h5,7,9,16H,2-4,13H2,1H3,(H,14,17)(H,19,20). The number of nitrogens with zero attached hydrogens (tertiary/aromatic N) is 1. The number of hydrogen-bond acceptors (Lipinski definition) is 7. The molecule has 10 nitrogen and oxygen atoms in total. The molecule has 0 spiro atoms. The quantitative estimate of drug-likeness (QED) is 0.175. The number of nitrogens with two attached hydrogens (primary N) is 1. The van der Waals surface area contributed by atoms with Gasteiger partial charge >= 0.3 is 5.97 Å². The molecule has 0 radical (unpaired) electrons. The molecule has 0 aromatic carbocycles. The molecule has 0 aromatic heterocycles. The number of sulfone groups is 1. The monoisotopic (exact) mass is 347 g/mol. The van der Waals surface area contributed by atoms with Crippen molar-refractivity contribution in [2.45, 2.75) is 25.5 Å². The molecule has 2 amide bonds. The molecule has 2 heterocycles. The van der Waals surface area contributed by atoms with E-state index in [4.69, 9.17) is 5.84 Å². The van der Waals surface area contributed by atoms with E-state index in [2.05, 4.69) is 0 Å². The normalized spacial score (nSPS) is 25.0. The first-order valence-corrected chi connectivity index (χ1v) is 8.57. The predicted octanol–water partition coefficient (Wildman–Crippen LogP) is -2.66. The Hall–Kier alpha value is -1.98. The van der Waals surface area contributed by atoms with Crippen molar-refractivity contribution in [3.05, 3.63) is 11.3 Å². The van der Waals surface area contributed by atoms with Crippen molar-refractivity contribution in [2.24, 2.45) is 11.8 Å². The molecule has 0 aliphatic carbocycles. The number of aliphatic hydroxyl groups excluding tert-OH is 1. The van der Waals surface area contributed by atoms with Crippen LogP contribution in [0, 0.1) is 5.92 Å². The fraction of sp³-hybridized carbons (Fsp3) is 0.583. The minimum atomic E-state index is -3.93. The Morgan fingerprint density at radius 2 is 2.09 bits per heavy atom. The number of hydrazine groups is 1. The van der Waals surface area contributed by atoms with E-state index < -0.39 is 57.2 Å². The van der Waals surface area contributed by atoms with Crippen molar-refractivity contribution in [2.75, 3.05) is 11.5 Å². The van der Waals surface area contributed by atoms with Crippen LogP contribution in [0.5, 0.6) is 0 Å². The van der Waals surface area contributed by atoms with Gasteiger partial charge in [0.15, 0.2) is 9.84 Å². The number of fused-ring (bicyclic) bond motifs is 1. The van der Waals surface area contributed by atoms with Crippen LogP contribution in [0.25, 0.3) is 0 Å². The molecule has 1 saturated heterocycles. The molecule has 0 aromatic rings. The fourth-order valence-corrected chi connectivity index (χ4v) is 4.42. The minimum Gasteiger partial charge on any atom is -0.477 e. The third-order valence-electron chi connectivity index (χ3n) is 3.93. The number of nitrogens with one attached hydrogen (secondary N) is 1. The van der Waals surface area contributed by atoms with Crippen LogP contribution in [0.2, 0.25) is 0 Å². The average molecular weight is 347 g/mol. The van der Waals surface area contributed by atoms with Crippen molar-refractivity contribution in [3.8, 4) is 0 Å². The number of aliphatic hydroxyl groups is 1. The first-order valence-electron chi connectivity index (χ1n) is 6.75. The van der Waals surface area contributed by atoms with E-state index in [-0.39, 0.29) is 17.7 Å². The summed E-state index contributed by atoms with van der Waals surface area (Å²) in [7, 11) is -3.93. The summed E-state index contributed by atoms with van der Waals surface area (Å²) in [6, 6.07) is -0.567. The number of amides is 2. The fourth-order valence-electron chi connectivity index (χ4n) is 3.05. The van der Waals surface area contributed by atoms with Gasteiger partial charge in [0.05, 0.1) is 23.8 Å². The molecule has 23 heavy (non-hydrogen) atoms. The molecule has 1 fully saturated rings. The third-order valence-corrected chi connectivity index (χ3v) is 5.42. The van der Waals surface area contributed by atoms with Crippen molar-refractivity contribution in [1.29, 1.82) is 0 Å². The Bertz CT molecular complexity index is 697. The first kappa shape index (κ1) is 17.4. The maximum atomic E-state index is 12.0. The van der Waals surface area contributed by atoms with E-state index >= 15 is 0 Å². The summed E-state index contributed by atoms with van der Waals surface area (Å²) in [5.74, 6) is -0.332. The lowest BCUT2D eigenvalue weighted by Gasteiger charge is -2.44. The highest BCUT2D eigenvalue weighted by Crippen LogP contribution is 2.43. The van der Waals surface area contributed by atoms with E-state index in [0.717, 1.165) is 4.90 Å². The molecule has 2 aliphatic heterocycles. The van der Waals surface area contributed by atoms with Gasteiger partial charge in [0, 0.05) is 0 Å². The van der Waals surface area contributed by atoms with E-state index in [1.807, 2.05) is 0 Å². The molecular weight excluding hydrogens is 330 g/mol. The van der Waals surface area contributed by atoms with Crippen molar-refractivity contribution >= 4 is 27.6 Å². The number of rotatable bonds is 6. The van der Waals surface area contributed by atoms with Gasteiger partial charge in [0.25, 0.3) is 0 Å². The van der Waals surface area contributed by atoms with Crippen LogP contribution in [0.4, 0.5) is 0 Å². The smallest absolute Gasteiger partial charge is 0.352 e. The molecule has 128 valence electrons. The van der Waals surface area contributed by atoms with E-state index in [9.17, 15) is 33.0 Å². The second kappa shape index (κ2) is 5.91. The second-order valence-electron chi connectivity index (χ2n) is 5.60. The van der Waals surface area contributed by atoms with Gasteiger partial charge in [-0.2, -0.15) is 0 Å². The third kappa shape index (κ3) is 3.07. The second-order valence-corrected chi connectivity index (χ2v) is 7.67. The number of carbonyl (C=O) groups excluding carboxylic acids is 2. The number of carboxylic acid groups (broad SMARTS) is 1. The van der Waals surface area contributed by atoms with Gasteiger partial charge in [-0.15, -0.1) is 0 Å². The predicted molar refractivity (Wildman–Crippen MR) is 76.1 cm³/mol. The van der Waals surface area contributed by atoms with E-state index in [1.54, 1.807) is 5.43 Å². The molecular formula is C12H17N3O7S. The van der Waals surface area contributed by atoms with Gasteiger partial charge in [-0.1, -0.05) is 0 Å². The largest absolute Gasteiger partial charge is 0.477 e. The Kier molecular flexibility index (Phi) is 4.46. The highest BCUT2D eigenvalue weighted by molar-refractivity contribution is 7.92. The van der Waals surface area contributed by atoms with E-state index in [0.29, 0.717) is 0 Å². The highest BCUT2D eigenvalue weighted by atomic mass is 32.2. The number of aliphatic carboxylic acids is 1. The van der Waals surface area contributed by atoms with Crippen LogP contribution >= 0.6 is 0 Å². The topological polar surface area (TPSA) is 167 Å². The molecule has 2 aliphatic rings. The van der Waals surface area contributed by atoms with Gasteiger partial charge in [0.2, 0.25) is 11.8 Å². The molecule has 0 bridgehead atoms. The molecule has 11 heteroatoms. The maximum Gasteiger partial charge on any atom is 0.352 e. The average Bonchev–Trinajstić information content (AvgIpc) is 2.71. The lowest BCUT2D eigenvalue weighted by atomic mass is 9.83. The number of carbonyl (C=O) groups is 3. The first-order chi connectivity index (χ1) is 10.6. The van der Waals surface area contributed by atoms with Gasteiger partial charge in [0.1, 0.15) is 11.4 Å². The molecule has 5 N–H and O–H groups in total. The maximum absolute atomic E-state index is 12.0. The Morgan fingerprint density at radius 1 is 1.48 bits per heavy atom. The summed E-state index contributed by atoms with van der Waals surface area (Å²) in [5.41, 5.74) is 1.36. The molecule has 2 rings (SSSR count). The number of hydrogen-bond donors (Lipinski definition) is 4. The molecule has 0 saturated carbocycles. The Balaban J connectivity index is 2.26. The van der Waals surface area contributed by atoms with Gasteiger partial charge < -0.3 is 15.1 Å². The van der Waals surface area contributed by atoms with Crippen LogP contribution in [-0.4, -0.2) is 65.0 Å². The Labute approximate surface area is 131 Å². The van der Waals surface area contributed by atoms with Crippen LogP contribution in [0.15, 0.2) is 11.3 Å². The van der Waals surface area contributed by atoms with Gasteiger partial charge in [-0.25, -0.2) is 19.1 Å². The lowest BCUT2D eigenvalue weighted by molar-refractivity contribution is -0.161. The SMILES string of the molecule is CC(O)C1C(=O)N2C(C(=O)O)=C(CS(=O)(=O)CC(=O)NN)CC12. The summed E-state index contributed by atoms with van der Waals surface area (Å²) in [4.78, 5) is 35.5. The van der Waals surface area contributed by atoms with Crippen LogP contribution in [0.1, 0.15) is 13.3 Å². The van der Waals surface area contributed by atoms with Gasteiger partial charge in [-0.05, 0) is 18.9 Å². The van der Waals surface area contributed by atoms with E-state index in [1.165, 1.54) is 6.92 Å². The zero-order chi connectivity index (χ0) is 17.5. The number of β-lactam (4-membered cyclic amide) rings is 1. The summed E-state index contributed by atoms with van der Waals surface area (Å²) in [5, 5.41) is 18.9.